The van der Waals surface area contributed by atoms with Crippen LogP contribution in [0.4, 0.5) is 11.6 Å². The highest BCUT2D eigenvalue weighted by Gasteiger charge is 2.38. The lowest BCUT2D eigenvalue weighted by Crippen LogP contribution is -2.46. The molecule has 1 aromatic carbocycles. The van der Waals surface area contributed by atoms with Gasteiger partial charge < -0.3 is 16.0 Å². The molecule has 0 bridgehead atoms. The number of fused-ring (bicyclic) bond motifs is 3. The minimum atomic E-state index is -0.627. The minimum absolute atomic E-state index is 0.0860. The van der Waals surface area contributed by atoms with Crippen LogP contribution in [0, 0.1) is 0 Å². The van der Waals surface area contributed by atoms with Crippen molar-refractivity contribution in [3.05, 3.63) is 86.9 Å². The molecule has 2 amide bonds. The zero-order valence-electron chi connectivity index (χ0n) is 19.1. The Balaban J connectivity index is 1.30. The smallest absolute Gasteiger partial charge is 0.251 e. The highest BCUT2D eigenvalue weighted by Crippen LogP contribution is 2.39. The minimum Gasteiger partial charge on any atom is -0.352 e. The van der Waals surface area contributed by atoms with Crippen LogP contribution < -0.4 is 16.0 Å². The quantitative estimate of drug-likeness (QED) is 0.455. The third-order valence-electron chi connectivity index (χ3n) is 6.07. The standard InChI is InChI=1S/C26H24ClN5O2S/c1-26-14-18(27)6-9-21(26)23-17(13-22(33)32-26)15-29-25(31-23)30-19-7-4-16(5-8-19)24(34)28-11-10-20-3-2-12-35-20/h2-9,12,15H,10-11,13-14H2,1H3,(H,28,34)(H,32,33)(H,29,30,31). The van der Waals surface area contributed by atoms with Crippen LogP contribution in [0.3, 0.4) is 0 Å². The number of aromatic nitrogens is 2. The molecule has 0 radical (unpaired) electrons. The van der Waals surface area contributed by atoms with E-state index in [-0.39, 0.29) is 18.2 Å². The Bertz CT molecular complexity index is 1330. The number of anilines is 2. The first-order valence-corrected chi connectivity index (χ1v) is 12.6. The van der Waals surface area contributed by atoms with Crippen molar-refractivity contribution in [2.24, 2.45) is 0 Å². The van der Waals surface area contributed by atoms with Gasteiger partial charge in [-0.3, -0.25) is 9.59 Å². The molecule has 3 aromatic rings. The zero-order valence-corrected chi connectivity index (χ0v) is 20.7. The molecule has 0 saturated heterocycles. The first-order valence-electron chi connectivity index (χ1n) is 11.3. The van der Waals surface area contributed by atoms with E-state index in [0.29, 0.717) is 29.5 Å². The molecule has 1 aliphatic heterocycles. The summed E-state index contributed by atoms with van der Waals surface area (Å²) in [4.78, 5) is 35.3. The second kappa shape index (κ2) is 9.64. The summed E-state index contributed by atoms with van der Waals surface area (Å²) in [6, 6.07) is 11.2. The fourth-order valence-electron chi connectivity index (χ4n) is 4.35. The van der Waals surface area contributed by atoms with Crippen LogP contribution in [0.2, 0.25) is 0 Å². The molecule has 3 heterocycles. The molecule has 0 spiro atoms. The highest BCUT2D eigenvalue weighted by molar-refractivity contribution is 7.09. The third kappa shape index (κ3) is 5.13. The van der Waals surface area contributed by atoms with Crippen molar-refractivity contribution >= 4 is 52.0 Å². The molecule has 9 heteroatoms. The van der Waals surface area contributed by atoms with Crippen LogP contribution in [0.25, 0.3) is 5.57 Å². The van der Waals surface area contributed by atoms with E-state index in [0.717, 1.165) is 28.9 Å². The molecule has 7 nitrogen and oxygen atoms in total. The first kappa shape index (κ1) is 23.3. The van der Waals surface area contributed by atoms with Crippen LogP contribution in [-0.4, -0.2) is 33.9 Å². The summed E-state index contributed by atoms with van der Waals surface area (Å²) in [5, 5.41) is 12.0. The van der Waals surface area contributed by atoms with Crippen molar-refractivity contribution in [3.8, 4) is 0 Å². The molecule has 0 fully saturated rings. The van der Waals surface area contributed by atoms with Crippen LogP contribution in [-0.2, 0) is 17.6 Å². The molecule has 5 rings (SSSR count). The average molecular weight is 506 g/mol. The number of hydrogen-bond donors (Lipinski definition) is 3. The second-order valence-electron chi connectivity index (χ2n) is 8.78. The number of nitrogens with zero attached hydrogens (tertiary/aromatic N) is 2. The summed E-state index contributed by atoms with van der Waals surface area (Å²) in [5.41, 5.74) is 3.11. The van der Waals surface area contributed by atoms with Gasteiger partial charge in [-0.25, -0.2) is 9.97 Å². The lowest BCUT2D eigenvalue weighted by Gasteiger charge is -2.33. The number of allylic oxidation sites excluding steroid dienone is 2. The van der Waals surface area contributed by atoms with Gasteiger partial charge in [-0.2, -0.15) is 0 Å². The molecule has 1 atom stereocenters. The van der Waals surface area contributed by atoms with Crippen LogP contribution >= 0.6 is 22.9 Å². The van der Waals surface area contributed by atoms with Crippen molar-refractivity contribution in [3.63, 3.8) is 0 Å². The van der Waals surface area contributed by atoms with Crippen LogP contribution in [0.1, 0.15) is 39.8 Å². The Morgan fingerprint density at radius 1 is 1.23 bits per heavy atom. The van der Waals surface area contributed by atoms with E-state index in [1.807, 2.05) is 42.7 Å². The van der Waals surface area contributed by atoms with Gasteiger partial charge in [-0.15, -0.1) is 11.3 Å². The van der Waals surface area contributed by atoms with Crippen molar-refractivity contribution in [2.75, 3.05) is 11.9 Å². The highest BCUT2D eigenvalue weighted by atomic mass is 35.5. The Morgan fingerprint density at radius 2 is 2.06 bits per heavy atom. The maximum atomic E-state index is 12.5. The monoisotopic (exact) mass is 505 g/mol. The largest absolute Gasteiger partial charge is 0.352 e. The van der Waals surface area contributed by atoms with Crippen molar-refractivity contribution in [1.29, 1.82) is 0 Å². The fraction of sp³-hybridized carbons (Fsp3) is 0.231. The number of rotatable bonds is 6. The van der Waals surface area contributed by atoms with Gasteiger partial charge in [-0.05, 0) is 55.1 Å². The zero-order chi connectivity index (χ0) is 24.4. The van der Waals surface area contributed by atoms with E-state index in [9.17, 15) is 9.59 Å². The van der Waals surface area contributed by atoms with Gasteiger partial charge in [-0.1, -0.05) is 23.7 Å². The molecule has 2 aromatic heterocycles. The van der Waals surface area contributed by atoms with E-state index in [1.54, 1.807) is 29.7 Å². The SMILES string of the molecule is CC12CC(Cl)=CC=C1c1nc(Nc3ccc(C(=O)NCCc4cccs4)cc3)ncc1CC(=O)N2. The summed E-state index contributed by atoms with van der Waals surface area (Å²) in [6.07, 6.45) is 6.98. The number of amides is 2. The fourth-order valence-corrected chi connectivity index (χ4v) is 5.39. The number of carbonyl (C=O) groups excluding carboxylic acids is 2. The van der Waals surface area contributed by atoms with E-state index >= 15 is 0 Å². The number of halogens is 1. The lowest BCUT2D eigenvalue weighted by molar-refractivity contribution is -0.121. The molecular formula is C26H24ClN5O2S. The van der Waals surface area contributed by atoms with Gasteiger partial charge in [0.15, 0.2) is 0 Å². The maximum absolute atomic E-state index is 12.5. The first-order chi connectivity index (χ1) is 16.9. The Labute approximate surface area is 212 Å². The van der Waals surface area contributed by atoms with Gasteiger partial charge >= 0.3 is 0 Å². The predicted molar refractivity (Wildman–Crippen MR) is 139 cm³/mol. The van der Waals surface area contributed by atoms with E-state index in [4.69, 9.17) is 16.6 Å². The number of benzene rings is 1. The topological polar surface area (TPSA) is 96.0 Å². The number of carbonyl (C=O) groups is 2. The average Bonchev–Trinajstić information content (AvgIpc) is 3.30. The van der Waals surface area contributed by atoms with E-state index < -0.39 is 5.54 Å². The van der Waals surface area contributed by atoms with Crippen LogP contribution in [0.15, 0.2) is 65.2 Å². The van der Waals surface area contributed by atoms with Gasteiger partial charge in [0.1, 0.15) is 0 Å². The molecule has 3 N–H and O–H groups in total. The Hall–Kier alpha value is -3.49. The van der Waals surface area contributed by atoms with Crippen molar-refractivity contribution in [1.82, 2.24) is 20.6 Å². The maximum Gasteiger partial charge on any atom is 0.251 e. The molecule has 1 unspecified atom stereocenters. The normalized spacial score (nSPS) is 18.9. The van der Waals surface area contributed by atoms with Crippen LogP contribution in [0.5, 0.6) is 0 Å². The molecule has 0 saturated carbocycles. The summed E-state index contributed by atoms with van der Waals surface area (Å²) >= 11 is 7.96. The molecular weight excluding hydrogens is 482 g/mol. The molecule has 2 aliphatic rings. The van der Waals surface area contributed by atoms with E-state index in [2.05, 4.69) is 27.0 Å². The predicted octanol–water partition coefficient (Wildman–Crippen LogP) is 4.60. The summed E-state index contributed by atoms with van der Waals surface area (Å²) in [6.45, 7) is 2.55. The van der Waals surface area contributed by atoms with Gasteiger partial charge in [0.25, 0.3) is 5.91 Å². The Morgan fingerprint density at radius 3 is 2.83 bits per heavy atom. The summed E-state index contributed by atoms with van der Waals surface area (Å²) in [7, 11) is 0. The van der Waals surface area contributed by atoms with Crippen molar-refractivity contribution < 1.29 is 9.59 Å². The van der Waals surface area contributed by atoms with Gasteiger partial charge in [0, 0.05) is 51.5 Å². The van der Waals surface area contributed by atoms with E-state index in [1.165, 1.54) is 4.88 Å². The van der Waals surface area contributed by atoms with Gasteiger partial charge in [0.2, 0.25) is 11.9 Å². The Kier molecular flexibility index (Phi) is 6.40. The number of thiophene rings is 1. The number of hydrogen-bond acceptors (Lipinski definition) is 6. The molecule has 35 heavy (non-hydrogen) atoms. The summed E-state index contributed by atoms with van der Waals surface area (Å²) in [5.74, 6) is 0.217. The second-order valence-corrected chi connectivity index (χ2v) is 10.3. The lowest BCUT2D eigenvalue weighted by atomic mass is 9.82. The molecule has 1 aliphatic carbocycles. The van der Waals surface area contributed by atoms with Gasteiger partial charge in [0.05, 0.1) is 17.7 Å². The summed E-state index contributed by atoms with van der Waals surface area (Å²) < 4.78 is 0. The molecule has 178 valence electrons. The van der Waals surface area contributed by atoms with Crippen molar-refractivity contribution in [2.45, 2.75) is 31.7 Å². The third-order valence-corrected chi connectivity index (χ3v) is 7.27. The number of nitrogens with one attached hydrogen (secondary N) is 3.